The van der Waals surface area contributed by atoms with E-state index in [-0.39, 0.29) is 0 Å². The molecule has 0 bridgehead atoms. The van der Waals surface area contributed by atoms with Crippen LogP contribution in [0.15, 0.2) is 35.2 Å². The van der Waals surface area contributed by atoms with Gasteiger partial charge in [-0.25, -0.2) is 0 Å². The molecule has 0 saturated heterocycles. The van der Waals surface area contributed by atoms with Crippen molar-refractivity contribution >= 4 is 11.8 Å². The molecule has 3 rings (SSSR count). The van der Waals surface area contributed by atoms with Crippen molar-refractivity contribution in [3.63, 3.8) is 0 Å². The highest BCUT2D eigenvalue weighted by atomic mass is 32.2. The molecule has 0 nitrogen and oxygen atoms in total. The maximum Gasteiger partial charge on any atom is 0.0343 e. The second-order valence-corrected chi connectivity index (χ2v) is 5.46. The Balaban J connectivity index is 2.08. The smallest absolute Gasteiger partial charge is 0.0343 e. The molecule has 14 heavy (non-hydrogen) atoms. The first-order valence-electron chi connectivity index (χ1n) is 5.28. The maximum atomic E-state index is 2.40. The predicted octanol–water partition coefficient (Wildman–Crippen LogP) is 3.90. The second kappa shape index (κ2) is 3.16. The second-order valence-electron chi connectivity index (χ2n) is 4.24. The Bertz CT molecular complexity index is 392. The van der Waals surface area contributed by atoms with Gasteiger partial charge in [-0.1, -0.05) is 29.8 Å². The summed E-state index contributed by atoms with van der Waals surface area (Å²) in [5.74, 6) is 0.792. The Labute approximate surface area is 89.4 Å². The Kier molecular flexibility index (Phi) is 1.94. The standard InChI is InChI=1S/C13H14S/c1-9-6-7-13-11(8-9)10-4-2-3-5-12(10)14-13/h3,5-8,10,12H,2,4H2,1H3. The maximum absolute atomic E-state index is 2.40. The van der Waals surface area contributed by atoms with Gasteiger partial charge in [0, 0.05) is 16.1 Å². The molecule has 0 aromatic heterocycles. The fraction of sp³-hybridized carbons (Fsp3) is 0.385. The van der Waals surface area contributed by atoms with E-state index in [9.17, 15) is 0 Å². The largest absolute Gasteiger partial charge is 0.118 e. The van der Waals surface area contributed by atoms with Gasteiger partial charge < -0.3 is 0 Å². The van der Waals surface area contributed by atoms with Crippen LogP contribution in [0.25, 0.3) is 0 Å². The third-order valence-electron chi connectivity index (χ3n) is 3.19. The fourth-order valence-electron chi connectivity index (χ4n) is 2.47. The van der Waals surface area contributed by atoms with Gasteiger partial charge in [-0.3, -0.25) is 0 Å². The number of fused-ring (bicyclic) bond motifs is 3. The topological polar surface area (TPSA) is 0 Å². The summed E-state index contributed by atoms with van der Waals surface area (Å²) < 4.78 is 0. The number of hydrogen-bond donors (Lipinski definition) is 0. The van der Waals surface area contributed by atoms with Crippen LogP contribution in [0.4, 0.5) is 0 Å². The van der Waals surface area contributed by atoms with Crippen molar-refractivity contribution in [1.29, 1.82) is 0 Å². The van der Waals surface area contributed by atoms with E-state index in [0.29, 0.717) is 0 Å². The molecule has 1 heteroatoms. The summed E-state index contributed by atoms with van der Waals surface area (Å²) in [5.41, 5.74) is 3.00. The third-order valence-corrected chi connectivity index (χ3v) is 4.58. The molecular weight excluding hydrogens is 188 g/mol. The van der Waals surface area contributed by atoms with E-state index < -0.39 is 0 Å². The summed E-state index contributed by atoms with van der Waals surface area (Å²) >= 11 is 2.04. The van der Waals surface area contributed by atoms with Crippen LogP contribution >= 0.6 is 11.8 Å². The molecule has 1 aromatic rings. The van der Waals surface area contributed by atoms with Crippen molar-refractivity contribution in [2.75, 3.05) is 0 Å². The molecule has 2 atom stereocenters. The van der Waals surface area contributed by atoms with Gasteiger partial charge in [-0.2, -0.15) is 0 Å². The summed E-state index contributed by atoms with van der Waals surface area (Å²) in [6, 6.07) is 6.90. The lowest BCUT2D eigenvalue weighted by Gasteiger charge is -2.19. The predicted molar refractivity (Wildman–Crippen MR) is 61.9 cm³/mol. The fourth-order valence-corrected chi connectivity index (χ4v) is 3.89. The Morgan fingerprint density at radius 3 is 3.21 bits per heavy atom. The van der Waals surface area contributed by atoms with E-state index in [1.165, 1.54) is 23.3 Å². The first-order valence-corrected chi connectivity index (χ1v) is 6.16. The van der Waals surface area contributed by atoms with Crippen LogP contribution in [0.2, 0.25) is 0 Å². The molecule has 2 unspecified atom stereocenters. The van der Waals surface area contributed by atoms with Crippen LogP contribution in [0.3, 0.4) is 0 Å². The van der Waals surface area contributed by atoms with Crippen LogP contribution in [0.1, 0.15) is 29.9 Å². The lowest BCUT2D eigenvalue weighted by atomic mass is 9.87. The van der Waals surface area contributed by atoms with Crippen LogP contribution in [0, 0.1) is 6.92 Å². The highest BCUT2D eigenvalue weighted by molar-refractivity contribution is 8.00. The van der Waals surface area contributed by atoms with Crippen LogP contribution in [-0.4, -0.2) is 5.25 Å². The van der Waals surface area contributed by atoms with Crippen molar-refractivity contribution in [2.24, 2.45) is 0 Å². The third kappa shape index (κ3) is 1.23. The molecule has 0 radical (unpaired) electrons. The van der Waals surface area contributed by atoms with Crippen molar-refractivity contribution in [3.05, 3.63) is 41.5 Å². The molecule has 0 fully saturated rings. The van der Waals surface area contributed by atoms with E-state index >= 15 is 0 Å². The Morgan fingerprint density at radius 2 is 2.29 bits per heavy atom. The number of thioether (sulfide) groups is 1. The van der Waals surface area contributed by atoms with Gasteiger partial charge in [-0.05, 0) is 31.4 Å². The lowest BCUT2D eigenvalue weighted by molar-refractivity contribution is 0.633. The van der Waals surface area contributed by atoms with Crippen LogP contribution in [0.5, 0.6) is 0 Å². The molecule has 0 spiro atoms. The van der Waals surface area contributed by atoms with Crippen molar-refractivity contribution in [1.82, 2.24) is 0 Å². The number of allylic oxidation sites excluding steroid dienone is 1. The first-order chi connectivity index (χ1) is 6.84. The molecule has 1 aliphatic carbocycles. The molecule has 0 saturated carbocycles. The Morgan fingerprint density at radius 1 is 1.36 bits per heavy atom. The average Bonchev–Trinajstić information content (AvgIpc) is 2.56. The summed E-state index contributed by atoms with van der Waals surface area (Å²) in [7, 11) is 0. The van der Waals surface area contributed by atoms with Crippen LogP contribution in [-0.2, 0) is 0 Å². The zero-order valence-electron chi connectivity index (χ0n) is 8.36. The van der Waals surface area contributed by atoms with Crippen LogP contribution < -0.4 is 0 Å². The van der Waals surface area contributed by atoms with E-state index in [2.05, 4.69) is 37.3 Å². The summed E-state index contributed by atoms with van der Waals surface area (Å²) in [4.78, 5) is 1.51. The van der Waals surface area contributed by atoms with E-state index in [0.717, 1.165) is 11.2 Å². The number of aryl methyl sites for hydroxylation is 1. The summed E-state index contributed by atoms with van der Waals surface area (Å²) in [6.07, 6.45) is 7.33. The zero-order chi connectivity index (χ0) is 9.54. The quantitative estimate of drug-likeness (QED) is 0.575. The van der Waals surface area contributed by atoms with Gasteiger partial charge in [0.25, 0.3) is 0 Å². The molecule has 0 N–H and O–H groups in total. The zero-order valence-corrected chi connectivity index (χ0v) is 9.18. The molecular formula is C13H14S. The minimum absolute atomic E-state index is 0.723. The minimum atomic E-state index is 0.723. The monoisotopic (exact) mass is 202 g/mol. The number of benzene rings is 1. The van der Waals surface area contributed by atoms with Gasteiger partial charge in [0.05, 0.1) is 0 Å². The lowest BCUT2D eigenvalue weighted by Crippen LogP contribution is -2.10. The minimum Gasteiger partial charge on any atom is -0.118 e. The van der Waals surface area contributed by atoms with Gasteiger partial charge in [0.1, 0.15) is 0 Å². The Hall–Kier alpha value is -0.690. The van der Waals surface area contributed by atoms with Crippen molar-refractivity contribution in [3.8, 4) is 0 Å². The summed E-state index contributed by atoms with van der Waals surface area (Å²) in [5, 5.41) is 0.723. The normalized spacial score (nSPS) is 28.6. The summed E-state index contributed by atoms with van der Waals surface area (Å²) in [6.45, 7) is 2.19. The average molecular weight is 202 g/mol. The van der Waals surface area contributed by atoms with E-state index in [1.54, 1.807) is 5.56 Å². The molecule has 0 amide bonds. The van der Waals surface area contributed by atoms with Crippen molar-refractivity contribution < 1.29 is 0 Å². The highest BCUT2D eigenvalue weighted by Gasteiger charge is 2.32. The molecule has 1 heterocycles. The van der Waals surface area contributed by atoms with E-state index in [4.69, 9.17) is 0 Å². The van der Waals surface area contributed by atoms with Gasteiger partial charge in [0.15, 0.2) is 0 Å². The molecule has 2 aliphatic rings. The highest BCUT2D eigenvalue weighted by Crippen LogP contribution is 2.49. The van der Waals surface area contributed by atoms with E-state index in [1.807, 2.05) is 11.8 Å². The van der Waals surface area contributed by atoms with Gasteiger partial charge in [-0.15, -0.1) is 11.8 Å². The molecule has 72 valence electrons. The van der Waals surface area contributed by atoms with Gasteiger partial charge >= 0.3 is 0 Å². The SMILES string of the molecule is Cc1ccc2c(c1)C1CCC=CC1S2. The number of rotatable bonds is 0. The number of hydrogen-bond acceptors (Lipinski definition) is 1. The molecule has 1 aliphatic heterocycles. The van der Waals surface area contributed by atoms with Crippen molar-refractivity contribution in [2.45, 2.75) is 35.8 Å². The van der Waals surface area contributed by atoms with Gasteiger partial charge in [0.2, 0.25) is 0 Å². The molecule has 1 aromatic carbocycles. The first kappa shape index (κ1) is 8.60.